The lowest BCUT2D eigenvalue weighted by molar-refractivity contribution is -0.135. The number of imide groups is 1. The van der Waals surface area contributed by atoms with E-state index in [1.165, 1.54) is 0 Å². The maximum absolute atomic E-state index is 13.1. The van der Waals surface area contributed by atoms with Gasteiger partial charge in [-0.2, -0.15) is 0 Å². The van der Waals surface area contributed by atoms with Crippen molar-refractivity contribution >= 4 is 23.5 Å². The van der Waals surface area contributed by atoms with E-state index in [0.29, 0.717) is 37.3 Å². The standard InChI is InChI=1S/C23H22N6O3/c1-16(29-22(31)17-6-2-3-7-18(17)23(29)32)21(30)28-14-12-27(13-15-28)20-9-8-19(24-25-20)26-10-4-5-11-26/h2-11,16H,12-15H2,1H3. The number of rotatable bonds is 4. The van der Waals surface area contributed by atoms with Crippen LogP contribution in [0, 0.1) is 0 Å². The Labute approximate surface area is 184 Å². The summed E-state index contributed by atoms with van der Waals surface area (Å²) in [6.45, 7) is 3.76. The highest BCUT2D eigenvalue weighted by Crippen LogP contribution is 2.25. The zero-order valence-electron chi connectivity index (χ0n) is 17.6. The third kappa shape index (κ3) is 3.31. The fourth-order valence-electron chi connectivity index (χ4n) is 4.20. The highest BCUT2D eigenvalue weighted by Gasteiger charge is 2.42. The van der Waals surface area contributed by atoms with Crippen molar-refractivity contribution in [3.05, 3.63) is 72.1 Å². The second kappa shape index (κ2) is 7.92. The number of aromatic nitrogens is 3. The van der Waals surface area contributed by atoms with Gasteiger partial charge in [-0.25, -0.2) is 0 Å². The largest absolute Gasteiger partial charge is 0.352 e. The molecule has 32 heavy (non-hydrogen) atoms. The second-order valence-electron chi connectivity index (χ2n) is 7.85. The Bertz CT molecular complexity index is 1130. The molecule has 0 spiro atoms. The topological polar surface area (TPSA) is 91.6 Å². The molecule has 5 rings (SSSR count). The van der Waals surface area contributed by atoms with E-state index in [-0.39, 0.29) is 5.91 Å². The Morgan fingerprint density at radius 3 is 1.94 bits per heavy atom. The van der Waals surface area contributed by atoms with Crippen LogP contribution in [-0.2, 0) is 4.79 Å². The first-order valence-electron chi connectivity index (χ1n) is 10.5. The lowest BCUT2D eigenvalue weighted by Crippen LogP contribution is -2.55. The van der Waals surface area contributed by atoms with Gasteiger partial charge in [-0.15, -0.1) is 10.2 Å². The first-order chi connectivity index (χ1) is 15.5. The Hall–Kier alpha value is -4.01. The average molecular weight is 430 g/mol. The molecule has 1 fully saturated rings. The van der Waals surface area contributed by atoms with Gasteiger partial charge in [0, 0.05) is 38.6 Å². The predicted molar refractivity (Wildman–Crippen MR) is 117 cm³/mol. The van der Waals surface area contributed by atoms with Crippen LogP contribution in [0.1, 0.15) is 27.6 Å². The molecule has 3 amide bonds. The van der Waals surface area contributed by atoms with Gasteiger partial charge in [-0.05, 0) is 43.3 Å². The Balaban J connectivity index is 1.22. The molecule has 1 aromatic carbocycles. The maximum Gasteiger partial charge on any atom is 0.262 e. The highest BCUT2D eigenvalue weighted by molar-refractivity contribution is 6.22. The van der Waals surface area contributed by atoms with Crippen molar-refractivity contribution in [2.24, 2.45) is 0 Å². The number of piperazine rings is 1. The lowest BCUT2D eigenvalue weighted by atomic mass is 10.1. The number of amides is 3. The van der Waals surface area contributed by atoms with Crippen molar-refractivity contribution in [2.45, 2.75) is 13.0 Å². The molecule has 1 unspecified atom stereocenters. The highest BCUT2D eigenvalue weighted by atomic mass is 16.2. The van der Waals surface area contributed by atoms with E-state index in [4.69, 9.17) is 0 Å². The van der Waals surface area contributed by atoms with Crippen LogP contribution in [0.5, 0.6) is 0 Å². The van der Waals surface area contributed by atoms with Crippen molar-refractivity contribution in [3.63, 3.8) is 0 Å². The van der Waals surface area contributed by atoms with Crippen LogP contribution in [0.25, 0.3) is 5.82 Å². The summed E-state index contributed by atoms with van der Waals surface area (Å²) < 4.78 is 1.88. The zero-order chi connectivity index (χ0) is 22.2. The molecule has 9 heteroatoms. The van der Waals surface area contributed by atoms with Crippen molar-refractivity contribution in [2.75, 3.05) is 31.1 Å². The third-order valence-corrected chi connectivity index (χ3v) is 5.99. The van der Waals surface area contributed by atoms with Crippen molar-refractivity contribution in [3.8, 4) is 5.82 Å². The van der Waals surface area contributed by atoms with Gasteiger partial charge in [0.05, 0.1) is 11.1 Å². The summed E-state index contributed by atoms with van der Waals surface area (Å²) in [5, 5.41) is 8.60. The fraction of sp³-hybridized carbons (Fsp3) is 0.261. The van der Waals surface area contributed by atoms with Crippen molar-refractivity contribution in [1.82, 2.24) is 24.6 Å². The molecule has 0 saturated carbocycles. The van der Waals surface area contributed by atoms with Crippen LogP contribution >= 0.6 is 0 Å². The van der Waals surface area contributed by atoms with Crippen LogP contribution < -0.4 is 4.90 Å². The maximum atomic E-state index is 13.1. The molecular formula is C23H22N6O3. The number of benzene rings is 1. The van der Waals surface area contributed by atoms with Gasteiger partial charge in [-0.1, -0.05) is 12.1 Å². The first kappa shape index (κ1) is 19.9. The van der Waals surface area contributed by atoms with E-state index in [1.807, 2.05) is 41.2 Å². The second-order valence-corrected chi connectivity index (χ2v) is 7.85. The molecule has 2 aliphatic heterocycles. The minimum Gasteiger partial charge on any atom is -0.352 e. The number of nitrogens with zero attached hydrogens (tertiary/aromatic N) is 6. The van der Waals surface area contributed by atoms with Crippen molar-refractivity contribution < 1.29 is 14.4 Å². The van der Waals surface area contributed by atoms with Gasteiger partial charge in [0.15, 0.2) is 11.6 Å². The summed E-state index contributed by atoms with van der Waals surface area (Å²) in [6, 6.07) is 13.5. The summed E-state index contributed by atoms with van der Waals surface area (Å²) in [5.41, 5.74) is 0.702. The summed E-state index contributed by atoms with van der Waals surface area (Å²) >= 11 is 0. The van der Waals surface area contributed by atoms with Gasteiger partial charge in [0.2, 0.25) is 5.91 Å². The predicted octanol–water partition coefficient (Wildman–Crippen LogP) is 1.60. The summed E-state index contributed by atoms with van der Waals surface area (Å²) in [4.78, 5) is 43.3. The Morgan fingerprint density at radius 1 is 0.812 bits per heavy atom. The fourth-order valence-corrected chi connectivity index (χ4v) is 4.20. The Kier molecular flexibility index (Phi) is 4.93. The van der Waals surface area contributed by atoms with Crippen molar-refractivity contribution in [1.29, 1.82) is 0 Å². The van der Waals surface area contributed by atoms with E-state index in [1.54, 1.807) is 36.1 Å². The SMILES string of the molecule is CC(C(=O)N1CCN(c2ccc(-n3cccc3)nn2)CC1)N1C(=O)c2ccccc2C1=O. The molecule has 2 aliphatic rings. The van der Waals surface area contributed by atoms with Crippen LogP contribution in [0.3, 0.4) is 0 Å². The molecule has 3 aromatic rings. The quantitative estimate of drug-likeness (QED) is 0.584. The molecule has 1 atom stereocenters. The molecule has 162 valence electrons. The third-order valence-electron chi connectivity index (χ3n) is 5.99. The van der Waals surface area contributed by atoms with Gasteiger partial charge in [0.25, 0.3) is 11.8 Å². The molecule has 4 heterocycles. The molecule has 1 saturated heterocycles. The van der Waals surface area contributed by atoms with Crippen LogP contribution in [-0.4, -0.2) is 74.5 Å². The summed E-state index contributed by atoms with van der Waals surface area (Å²) in [5.74, 6) is 0.434. The molecule has 2 aromatic heterocycles. The number of carbonyl (C=O) groups excluding carboxylic acids is 3. The van der Waals surface area contributed by atoms with E-state index in [9.17, 15) is 14.4 Å². The summed E-state index contributed by atoms with van der Waals surface area (Å²) in [7, 11) is 0. The van der Waals surface area contributed by atoms with Crippen LogP contribution in [0.15, 0.2) is 60.9 Å². The number of carbonyl (C=O) groups is 3. The number of hydrogen-bond acceptors (Lipinski definition) is 6. The van der Waals surface area contributed by atoms with Crippen LogP contribution in [0.2, 0.25) is 0 Å². The first-order valence-corrected chi connectivity index (χ1v) is 10.5. The van der Waals surface area contributed by atoms with Crippen LogP contribution in [0.4, 0.5) is 5.82 Å². The summed E-state index contributed by atoms with van der Waals surface area (Å²) in [6.07, 6.45) is 3.81. The molecule has 0 N–H and O–H groups in total. The van der Waals surface area contributed by atoms with E-state index in [0.717, 1.165) is 16.5 Å². The molecular weight excluding hydrogens is 408 g/mol. The lowest BCUT2D eigenvalue weighted by Gasteiger charge is -2.37. The number of anilines is 1. The minimum absolute atomic E-state index is 0.229. The van der Waals surface area contributed by atoms with Gasteiger partial charge < -0.3 is 14.4 Å². The average Bonchev–Trinajstić information content (AvgIpc) is 3.46. The van der Waals surface area contributed by atoms with Gasteiger partial charge >= 0.3 is 0 Å². The number of hydrogen-bond donors (Lipinski definition) is 0. The zero-order valence-corrected chi connectivity index (χ0v) is 17.6. The van der Waals surface area contributed by atoms with E-state index in [2.05, 4.69) is 15.1 Å². The Morgan fingerprint density at radius 2 is 1.38 bits per heavy atom. The van der Waals surface area contributed by atoms with Gasteiger partial charge in [-0.3, -0.25) is 19.3 Å². The van der Waals surface area contributed by atoms with E-state index < -0.39 is 17.9 Å². The molecule has 9 nitrogen and oxygen atoms in total. The minimum atomic E-state index is -0.852. The smallest absolute Gasteiger partial charge is 0.262 e. The molecule has 0 bridgehead atoms. The monoisotopic (exact) mass is 430 g/mol. The normalized spacial score (nSPS) is 17.0. The number of fused-ring (bicyclic) bond motifs is 1. The van der Waals surface area contributed by atoms with Gasteiger partial charge in [0.1, 0.15) is 6.04 Å². The molecule has 0 aliphatic carbocycles. The molecule has 0 radical (unpaired) electrons. The van der Waals surface area contributed by atoms with E-state index >= 15 is 0 Å².